The Hall–Kier alpha value is -1.10. The van der Waals surface area contributed by atoms with Gasteiger partial charge in [0.1, 0.15) is 5.75 Å². The lowest BCUT2D eigenvalue weighted by Gasteiger charge is -2.21. The topological polar surface area (TPSA) is 53.7 Å². The van der Waals surface area contributed by atoms with Gasteiger partial charge in [-0.2, -0.15) is 0 Å². The fourth-order valence-corrected chi connectivity index (χ4v) is 1.67. The summed E-state index contributed by atoms with van der Waals surface area (Å²) >= 11 is 0. The second-order valence-electron chi connectivity index (χ2n) is 3.52. The summed E-state index contributed by atoms with van der Waals surface area (Å²) in [6.45, 7) is 0. The van der Waals surface area contributed by atoms with Crippen LogP contribution in [0, 0.1) is 0 Å². The molecule has 16 heavy (non-hydrogen) atoms. The molecular formula is C12H19NO3. The first-order valence-corrected chi connectivity index (χ1v) is 5.16. The molecule has 0 bridgehead atoms. The highest BCUT2D eigenvalue weighted by atomic mass is 16.7. The summed E-state index contributed by atoms with van der Waals surface area (Å²) < 4.78 is 15.5. The molecule has 0 spiro atoms. The fraction of sp³-hybridized carbons (Fsp3) is 0.500. The first-order valence-electron chi connectivity index (χ1n) is 5.16. The number of rotatable bonds is 6. The van der Waals surface area contributed by atoms with E-state index in [9.17, 15) is 0 Å². The first kappa shape index (κ1) is 13.0. The van der Waals surface area contributed by atoms with Crippen molar-refractivity contribution in [1.82, 2.24) is 0 Å². The van der Waals surface area contributed by atoms with Gasteiger partial charge < -0.3 is 19.9 Å². The van der Waals surface area contributed by atoms with Crippen LogP contribution in [0.2, 0.25) is 0 Å². The van der Waals surface area contributed by atoms with Gasteiger partial charge >= 0.3 is 0 Å². The summed E-state index contributed by atoms with van der Waals surface area (Å²) in [5, 5.41) is 0. The van der Waals surface area contributed by atoms with Crippen LogP contribution < -0.4 is 10.5 Å². The molecule has 4 heteroatoms. The van der Waals surface area contributed by atoms with Crippen LogP contribution in [-0.2, 0) is 15.9 Å². The molecule has 0 radical (unpaired) electrons. The SMILES string of the molecule is COc1ccccc1CC(N)C(OC)OC. The van der Waals surface area contributed by atoms with Crippen LogP contribution in [0.4, 0.5) is 0 Å². The highest BCUT2D eigenvalue weighted by molar-refractivity contribution is 5.33. The number of nitrogens with two attached hydrogens (primary N) is 1. The van der Waals surface area contributed by atoms with Gasteiger partial charge in [0.05, 0.1) is 13.2 Å². The lowest BCUT2D eigenvalue weighted by atomic mass is 10.1. The highest BCUT2D eigenvalue weighted by Gasteiger charge is 2.18. The maximum absolute atomic E-state index is 5.99. The molecular weight excluding hydrogens is 206 g/mol. The van der Waals surface area contributed by atoms with Crippen molar-refractivity contribution in [2.45, 2.75) is 18.8 Å². The molecule has 4 nitrogen and oxygen atoms in total. The summed E-state index contributed by atoms with van der Waals surface area (Å²) in [4.78, 5) is 0. The minimum Gasteiger partial charge on any atom is -0.496 e. The molecule has 2 N–H and O–H groups in total. The summed E-state index contributed by atoms with van der Waals surface area (Å²) in [6, 6.07) is 7.57. The van der Waals surface area contributed by atoms with E-state index in [4.69, 9.17) is 19.9 Å². The molecule has 1 rings (SSSR count). The van der Waals surface area contributed by atoms with E-state index in [1.54, 1.807) is 21.3 Å². The van der Waals surface area contributed by atoms with E-state index >= 15 is 0 Å². The average Bonchev–Trinajstić information content (AvgIpc) is 2.31. The molecule has 0 amide bonds. The Morgan fingerprint density at radius 2 is 1.75 bits per heavy atom. The second-order valence-corrected chi connectivity index (χ2v) is 3.52. The largest absolute Gasteiger partial charge is 0.496 e. The van der Waals surface area contributed by atoms with E-state index in [2.05, 4.69) is 0 Å². The summed E-state index contributed by atoms with van der Waals surface area (Å²) in [6.07, 6.45) is 0.251. The van der Waals surface area contributed by atoms with Gasteiger partial charge in [-0.15, -0.1) is 0 Å². The van der Waals surface area contributed by atoms with Gasteiger partial charge in [-0.3, -0.25) is 0 Å². The second kappa shape index (κ2) is 6.48. The van der Waals surface area contributed by atoms with Gasteiger partial charge in [0.15, 0.2) is 6.29 Å². The monoisotopic (exact) mass is 225 g/mol. The minimum absolute atomic E-state index is 0.216. The molecule has 0 aliphatic carbocycles. The predicted molar refractivity (Wildman–Crippen MR) is 62.5 cm³/mol. The Balaban J connectivity index is 2.71. The van der Waals surface area contributed by atoms with E-state index in [0.717, 1.165) is 11.3 Å². The van der Waals surface area contributed by atoms with E-state index in [-0.39, 0.29) is 6.04 Å². The average molecular weight is 225 g/mol. The first-order chi connectivity index (χ1) is 7.72. The van der Waals surface area contributed by atoms with Crippen LogP contribution in [0.3, 0.4) is 0 Å². The predicted octanol–water partition coefficient (Wildman–Crippen LogP) is 1.18. The van der Waals surface area contributed by atoms with Crippen LogP contribution in [0.5, 0.6) is 5.75 Å². The van der Waals surface area contributed by atoms with Crippen molar-refractivity contribution in [2.24, 2.45) is 5.73 Å². The molecule has 0 heterocycles. The molecule has 0 fully saturated rings. The van der Waals surface area contributed by atoms with Crippen LogP contribution >= 0.6 is 0 Å². The zero-order valence-corrected chi connectivity index (χ0v) is 9.97. The summed E-state index contributed by atoms with van der Waals surface area (Å²) in [5.41, 5.74) is 7.04. The van der Waals surface area contributed by atoms with E-state index in [1.807, 2.05) is 24.3 Å². The lowest BCUT2D eigenvalue weighted by Crippen LogP contribution is -2.39. The zero-order valence-electron chi connectivity index (χ0n) is 9.97. The number of hydrogen-bond donors (Lipinski definition) is 1. The Kier molecular flexibility index (Phi) is 5.25. The Bertz CT molecular complexity index is 313. The molecule has 1 atom stereocenters. The van der Waals surface area contributed by atoms with Gasteiger partial charge in [0.2, 0.25) is 0 Å². The van der Waals surface area contributed by atoms with Crippen LogP contribution in [0.1, 0.15) is 5.56 Å². The Labute approximate surface area is 96.3 Å². The van der Waals surface area contributed by atoms with Crippen molar-refractivity contribution < 1.29 is 14.2 Å². The number of benzene rings is 1. The molecule has 0 aliphatic rings. The molecule has 0 aromatic heterocycles. The third-order valence-corrected chi connectivity index (χ3v) is 2.46. The van der Waals surface area contributed by atoms with Crippen LogP contribution in [-0.4, -0.2) is 33.7 Å². The third-order valence-electron chi connectivity index (χ3n) is 2.46. The van der Waals surface area contributed by atoms with E-state index in [0.29, 0.717) is 6.42 Å². The summed E-state index contributed by atoms with van der Waals surface area (Å²) in [5.74, 6) is 0.837. The van der Waals surface area contributed by atoms with Gasteiger partial charge in [0, 0.05) is 14.2 Å². The number of hydrogen-bond acceptors (Lipinski definition) is 4. The molecule has 1 aromatic rings. The number of methoxy groups -OCH3 is 3. The maximum atomic E-state index is 5.99. The Morgan fingerprint density at radius 1 is 1.12 bits per heavy atom. The fourth-order valence-electron chi connectivity index (χ4n) is 1.67. The molecule has 1 aromatic carbocycles. The van der Waals surface area contributed by atoms with Gasteiger partial charge in [-0.05, 0) is 18.1 Å². The maximum Gasteiger partial charge on any atom is 0.172 e. The van der Waals surface area contributed by atoms with Crippen molar-refractivity contribution in [2.75, 3.05) is 21.3 Å². The smallest absolute Gasteiger partial charge is 0.172 e. The van der Waals surface area contributed by atoms with Crippen molar-refractivity contribution in [3.63, 3.8) is 0 Å². The highest BCUT2D eigenvalue weighted by Crippen LogP contribution is 2.19. The van der Waals surface area contributed by atoms with Crippen LogP contribution in [0.25, 0.3) is 0 Å². The molecule has 0 saturated carbocycles. The standard InChI is InChI=1S/C12H19NO3/c1-14-11-7-5-4-6-9(11)8-10(13)12(15-2)16-3/h4-7,10,12H,8,13H2,1-3H3. The quantitative estimate of drug-likeness (QED) is 0.739. The minimum atomic E-state index is -0.398. The van der Waals surface area contributed by atoms with Crippen molar-refractivity contribution in [3.05, 3.63) is 29.8 Å². The van der Waals surface area contributed by atoms with E-state index in [1.165, 1.54) is 0 Å². The Morgan fingerprint density at radius 3 is 2.31 bits per heavy atom. The lowest BCUT2D eigenvalue weighted by molar-refractivity contribution is -0.115. The van der Waals surface area contributed by atoms with Crippen molar-refractivity contribution in [1.29, 1.82) is 0 Å². The molecule has 0 saturated heterocycles. The van der Waals surface area contributed by atoms with Crippen LogP contribution in [0.15, 0.2) is 24.3 Å². The molecule has 90 valence electrons. The van der Waals surface area contributed by atoms with Gasteiger partial charge in [-0.1, -0.05) is 18.2 Å². The van der Waals surface area contributed by atoms with E-state index < -0.39 is 6.29 Å². The zero-order chi connectivity index (χ0) is 12.0. The van der Waals surface area contributed by atoms with Gasteiger partial charge in [-0.25, -0.2) is 0 Å². The molecule has 1 unspecified atom stereocenters. The molecule has 0 aliphatic heterocycles. The van der Waals surface area contributed by atoms with Gasteiger partial charge in [0.25, 0.3) is 0 Å². The third kappa shape index (κ3) is 3.20. The normalized spacial score (nSPS) is 12.8. The number of ether oxygens (including phenoxy) is 3. The van der Waals surface area contributed by atoms with Crippen molar-refractivity contribution in [3.8, 4) is 5.75 Å². The number of para-hydroxylation sites is 1. The summed E-state index contributed by atoms with van der Waals surface area (Å²) in [7, 11) is 4.81. The van der Waals surface area contributed by atoms with Crippen molar-refractivity contribution >= 4 is 0 Å².